The maximum atomic E-state index is 5.26. The Hall–Kier alpha value is -0.530. The second-order valence-electron chi connectivity index (χ2n) is 3.55. The number of halogens is 1. The van der Waals surface area contributed by atoms with E-state index < -0.39 is 0 Å². The van der Waals surface area contributed by atoms with Gasteiger partial charge in [-0.05, 0) is 34.5 Å². The Bertz CT molecular complexity index is 356. The SMILES string of the molecule is NNc1ncc(Br)c(NCC2CCCS2)n1. The van der Waals surface area contributed by atoms with Crippen LogP contribution in [0.1, 0.15) is 12.8 Å². The quantitative estimate of drug-likeness (QED) is 0.582. The van der Waals surface area contributed by atoms with Gasteiger partial charge in [0.2, 0.25) is 5.95 Å². The van der Waals surface area contributed by atoms with E-state index in [1.807, 2.05) is 11.8 Å². The highest BCUT2D eigenvalue weighted by Gasteiger charge is 2.15. The summed E-state index contributed by atoms with van der Waals surface area (Å²) >= 11 is 5.42. The molecular formula is C9H14BrN5S. The molecule has 1 aromatic rings. The van der Waals surface area contributed by atoms with E-state index >= 15 is 0 Å². The molecule has 5 nitrogen and oxygen atoms in total. The second-order valence-corrected chi connectivity index (χ2v) is 5.81. The van der Waals surface area contributed by atoms with Crippen LogP contribution >= 0.6 is 27.7 Å². The van der Waals surface area contributed by atoms with E-state index in [4.69, 9.17) is 5.84 Å². The lowest BCUT2D eigenvalue weighted by Gasteiger charge is -2.12. The van der Waals surface area contributed by atoms with E-state index in [0.717, 1.165) is 16.8 Å². The van der Waals surface area contributed by atoms with Crippen molar-refractivity contribution >= 4 is 39.5 Å². The van der Waals surface area contributed by atoms with Gasteiger partial charge in [0.1, 0.15) is 5.82 Å². The highest BCUT2D eigenvalue weighted by molar-refractivity contribution is 9.10. The van der Waals surface area contributed by atoms with Gasteiger partial charge in [-0.1, -0.05) is 0 Å². The molecule has 88 valence electrons. The van der Waals surface area contributed by atoms with Gasteiger partial charge in [-0.2, -0.15) is 16.7 Å². The van der Waals surface area contributed by atoms with Crippen molar-refractivity contribution in [3.05, 3.63) is 10.7 Å². The van der Waals surface area contributed by atoms with Crippen LogP contribution < -0.4 is 16.6 Å². The molecule has 0 saturated carbocycles. The third kappa shape index (κ3) is 2.99. The molecule has 1 atom stereocenters. The first-order valence-electron chi connectivity index (χ1n) is 5.14. The van der Waals surface area contributed by atoms with E-state index in [-0.39, 0.29) is 0 Å². The molecule has 2 heterocycles. The minimum Gasteiger partial charge on any atom is -0.368 e. The summed E-state index contributed by atoms with van der Waals surface area (Å²) < 4.78 is 0.856. The number of aromatic nitrogens is 2. The van der Waals surface area contributed by atoms with Crippen molar-refractivity contribution in [1.82, 2.24) is 9.97 Å². The molecule has 1 fully saturated rings. The fourth-order valence-corrected chi connectivity index (χ4v) is 3.11. The normalized spacial score (nSPS) is 19.8. The molecule has 4 N–H and O–H groups in total. The Morgan fingerprint density at radius 1 is 1.62 bits per heavy atom. The summed E-state index contributed by atoms with van der Waals surface area (Å²) in [5.41, 5.74) is 2.43. The summed E-state index contributed by atoms with van der Waals surface area (Å²) in [7, 11) is 0. The monoisotopic (exact) mass is 303 g/mol. The minimum atomic E-state index is 0.421. The third-order valence-electron chi connectivity index (χ3n) is 2.39. The zero-order valence-corrected chi connectivity index (χ0v) is 11.1. The van der Waals surface area contributed by atoms with Crippen LogP contribution in [0, 0.1) is 0 Å². The number of nitrogens with two attached hydrogens (primary N) is 1. The molecule has 1 aliphatic rings. The Labute approximate surface area is 107 Å². The summed E-state index contributed by atoms with van der Waals surface area (Å²) in [6, 6.07) is 0. The van der Waals surface area contributed by atoms with Crippen LogP contribution in [0.5, 0.6) is 0 Å². The van der Waals surface area contributed by atoms with Gasteiger partial charge in [0.05, 0.1) is 4.47 Å². The van der Waals surface area contributed by atoms with Gasteiger partial charge in [0.25, 0.3) is 0 Å². The first kappa shape index (κ1) is 11.9. The average Bonchev–Trinajstić information content (AvgIpc) is 2.81. The van der Waals surface area contributed by atoms with Crippen molar-refractivity contribution in [3.63, 3.8) is 0 Å². The fraction of sp³-hybridized carbons (Fsp3) is 0.556. The Morgan fingerprint density at radius 3 is 3.19 bits per heavy atom. The number of thioether (sulfide) groups is 1. The number of nitrogens with one attached hydrogen (secondary N) is 2. The van der Waals surface area contributed by atoms with E-state index in [0.29, 0.717) is 11.2 Å². The smallest absolute Gasteiger partial charge is 0.239 e. The number of hydrazine groups is 1. The minimum absolute atomic E-state index is 0.421. The summed E-state index contributed by atoms with van der Waals surface area (Å²) in [4.78, 5) is 8.24. The van der Waals surface area contributed by atoms with Crippen LogP contribution in [-0.4, -0.2) is 27.5 Å². The molecule has 0 radical (unpaired) electrons. The topological polar surface area (TPSA) is 75.9 Å². The molecule has 0 spiro atoms. The van der Waals surface area contributed by atoms with E-state index in [9.17, 15) is 0 Å². The molecule has 16 heavy (non-hydrogen) atoms. The largest absolute Gasteiger partial charge is 0.368 e. The number of hydrogen-bond donors (Lipinski definition) is 3. The lowest BCUT2D eigenvalue weighted by Crippen LogP contribution is -2.16. The van der Waals surface area contributed by atoms with Crippen molar-refractivity contribution < 1.29 is 0 Å². The predicted molar refractivity (Wildman–Crippen MR) is 71.5 cm³/mol. The number of hydrogen-bond acceptors (Lipinski definition) is 6. The number of anilines is 2. The average molecular weight is 304 g/mol. The zero-order valence-electron chi connectivity index (χ0n) is 8.74. The van der Waals surface area contributed by atoms with Crippen molar-refractivity contribution in [2.45, 2.75) is 18.1 Å². The van der Waals surface area contributed by atoms with Crippen LogP contribution in [0.4, 0.5) is 11.8 Å². The lowest BCUT2D eigenvalue weighted by atomic mass is 10.2. The maximum absolute atomic E-state index is 5.26. The molecule has 0 aliphatic carbocycles. The van der Waals surface area contributed by atoms with Gasteiger partial charge in [-0.3, -0.25) is 5.43 Å². The Balaban J connectivity index is 1.96. The number of nitrogen functional groups attached to an aromatic ring is 1. The Morgan fingerprint density at radius 2 is 2.50 bits per heavy atom. The van der Waals surface area contributed by atoms with Gasteiger partial charge in [0, 0.05) is 18.0 Å². The summed E-state index contributed by atoms with van der Waals surface area (Å²) in [5, 5.41) is 4.01. The first-order chi connectivity index (χ1) is 7.79. The van der Waals surface area contributed by atoms with E-state index in [1.54, 1.807) is 6.20 Å². The molecule has 1 unspecified atom stereocenters. The van der Waals surface area contributed by atoms with Crippen LogP contribution in [0.2, 0.25) is 0 Å². The highest BCUT2D eigenvalue weighted by Crippen LogP contribution is 2.27. The molecule has 1 saturated heterocycles. The van der Waals surface area contributed by atoms with Crippen molar-refractivity contribution in [2.75, 3.05) is 23.0 Å². The fourth-order valence-electron chi connectivity index (χ4n) is 1.58. The maximum Gasteiger partial charge on any atom is 0.239 e. The number of rotatable bonds is 4. The van der Waals surface area contributed by atoms with E-state index in [2.05, 4.69) is 36.6 Å². The van der Waals surface area contributed by atoms with Crippen LogP contribution in [0.3, 0.4) is 0 Å². The summed E-state index contributed by atoms with van der Waals surface area (Å²) in [6.07, 6.45) is 4.28. The summed E-state index contributed by atoms with van der Waals surface area (Å²) in [6.45, 7) is 0.935. The van der Waals surface area contributed by atoms with Crippen molar-refractivity contribution in [1.29, 1.82) is 0 Å². The molecule has 2 rings (SSSR count). The number of nitrogens with zero attached hydrogens (tertiary/aromatic N) is 2. The molecule has 1 aromatic heterocycles. The molecule has 1 aliphatic heterocycles. The second kappa shape index (κ2) is 5.70. The molecule has 7 heteroatoms. The third-order valence-corrected chi connectivity index (χ3v) is 4.37. The molecule has 0 amide bonds. The Kier molecular flexibility index (Phi) is 4.25. The van der Waals surface area contributed by atoms with Crippen LogP contribution in [-0.2, 0) is 0 Å². The molecular weight excluding hydrogens is 290 g/mol. The zero-order chi connectivity index (χ0) is 11.4. The highest BCUT2D eigenvalue weighted by atomic mass is 79.9. The van der Waals surface area contributed by atoms with Crippen molar-refractivity contribution in [2.24, 2.45) is 5.84 Å². The lowest BCUT2D eigenvalue weighted by molar-refractivity contribution is 0.802. The standard InChI is InChI=1S/C9H14BrN5S/c10-7-5-13-9(15-11)14-8(7)12-4-6-2-1-3-16-6/h5-6H,1-4,11H2,(H2,12,13,14,15). The van der Waals surface area contributed by atoms with Crippen LogP contribution in [0.25, 0.3) is 0 Å². The van der Waals surface area contributed by atoms with Gasteiger partial charge in [-0.15, -0.1) is 0 Å². The predicted octanol–water partition coefficient (Wildman–Crippen LogP) is 1.83. The molecule has 0 aromatic carbocycles. The van der Waals surface area contributed by atoms with Gasteiger partial charge in [0.15, 0.2) is 0 Å². The molecule has 0 bridgehead atoms. The van der Waals surface area contributed by atoms with E-state index in [1.165, 1.54) is 18.6 Å². The van der Waals surface area contributed by atoms with Gasteiger partial charge >= 0.3 is 0 Å². The summed E-state index contributed by atoms with van der Waals surface area (Å²) in [5.74, 6) is 7.74. The van der Waals surface area contributed by atoms with Crippen LogP contribution in [0.15, 0.2) is 10.7 Å². The first-order valence-corrected chi connectivity index (χ1v) is 6.98. The van der Waals surface area contributed by atoms with Gasteiger partial charge < -0.3 is 5.32 Å². The van der Waals surface area contributed by atoms with Crippen molar-refractivity contribution in [3.8, 4) is 0 Å². The van der Waals surface area contributed by atoms with Gasteiger partial charge in [-0.25, -0.2) is 10.8 Å².